The average Bonchev–Trinajstić information content (AvgIpc) is 3.21. The van der Waals surface area contributed by atoms with Crippen LogP contribution in [0.4, 0.5) is 10.1 Å². The Kier molecular flexibility index (Phi) is 7.65. The highest BCUT2D eigenvalue weighted by atomic mass is 19.1. The number of benzene rings is 2. The molecule has 0 bridgehead atoms. The lowest BCUT2D eigenvalue weighted by molar-refractivity contribution is -0.154. The van der Waals surface area contributed by atoms with Crippen molar-refractivity contribution in [3.63, 3.8) is 0 Å². The first kappa shape index (κ1) is 28.8. The number of aliphatic hydroxyl groups excluding tert-OH is 1. The van der Waals surface area contributed by atoms with E-state index in [-0.39, 0.29) is 23.5 Å². The Bertz CT molecular complexity index is 1520. The van der Waals surface area contributed by atoms with Crippen molar-refractivity contribution in [3.05, 3.63) is 53.5 Å². The molecule has 6 N–H and O–H groups in total. The zero-order chi connectivity index (χ0) is 29.6. The summed E-state index contributed by atoms with van der Waals surface area (Å²) in [4.78, 5) is 37.7. The van der Waals surface area contributed by atoms with E-state index in [1.165, 1.54) is 19.1 Å². The van der Waals surface area contributed by atoms with Crippen molar-refractivity contribution in [2.45, 2.75) is 83.6 Å². The van der Waals surface area contributed by atoms with E-state index in [9.17, 15) is 23.9 Å². The van der Waals surface area contributed by atoms with Gasteiger partial charge in [-0.05, 0) is 80.3 Å². The monoisotopic (exact) mass is 564 g/mol. The molecule has 2 aromatic carbocycles. The lowest BCUT2D eigenvalue weighted by Gasteiger charge is -2.31. The number of rotatable bonds is 7. The van der Waals surface area contributed by atoms with Crippen molar-refractivity contribution < 1.29 is 28.6 Å². The number of hydrogen-bond donors (Lipinski definition) is 4. The number of nitrogens with zero attached hydrogens (tertiary/aromatic N) is 1. The van der Waals surface area contributed by atoms with Gasteiger partial charge >= 0.3 is 5.97 Å². The standard InChI is InChI=1S/C31H37FN4O5/c1-16(37)28(33)30(40)41-20-8-6-19(7-9-20)35-23-12-17(4-10-21(23)29(34)39)27-22-11-5-18(32)13-24(22)36-25(27)14-31(2,3)15-26(36)38/h4-5,10-13,16,19-20,28,35,37H,6-9,14-15,33H2,1-3H3,(H2,34,39)/t16-,19-,20-,28-/m0/s1. The van der Waals surface area contributed by atoms with Crippen LogP contribution in [0.2, 0.25) is 0 Å². The van der Waals surface area contributed by atoms with Gasteiger partial charge in [0, 0.05) is 34.8 Å². The summed E-state index contributed by atoms with van der Waals surface area (Å²) in [5.74, 6) is -1.68. The summed E-state index contributed by atoms with van der Waals surface area (Å²) in [5, 5.41) is 13.8. The highest BCUT2D eigenvalue weighted by Gasteiger charge is 2.35. The molecule has 1 aliphatic heterocycles. The van der Waals surface area contributed by atoms with Gasteiger partial charge in [0.2, 0.25) is 5.91 Å². The van der Waals surface area contributed by atoms with E-state index < -0.39 is 29.8 Å². The molecule has 2 atom stereocenters. The second kappa shape index (κ2) is 10.9. The Hall–Kier alpha value is -3.76. The molecular weight excluding hydrogens is 527 g/mol. The number of aliphatic hydroxyl groups is 1. The second-order valence-electron chi connectivity index (χ2n) is 12.2. The van der Waals surface area contributed by atoms with Gasteiger partial charge in [-0.25, -0.2) is 4.39 Å². The van der Waals surface area contributed by atoms with E-state index in [4.69, 9.17) is 16.2 Å². The fraction of sp³-hybridized carbons (Fsp3) is 0.452. The van der Waals surface area contributed by atoms with E-state index in [0.29, 0.717) is 55.3 Å². The molecule has 1 aliphatic carbocycles. The van der Waals surface area contributed by atoms with Gasteiger partial charge in [-0.3, -0.25) is 19.0 Å². The fourth-order valence-corrected chi connectivity index (χ4v) is 6.11. The maximum atomic E-state index is 14.3. The summed E-state index contributed by atoms with van der Waals surface area (Å²) in [5.41, 5.74) is 15.1. The van der Waals surface area contributed by atoms with Crippen LogP contribution in [0.3, 0.4) is 0 Å². The molecule has 218 valence electrons. The SMILES string of the molecule is C[C@H](O)[C@H](N)C(=O)O[C@H]1CC[C@H](Nc2cc(-c3c4n(c5cc(F)ccc35)C(=O)CC(C)(C)C4)ccc2C(N)=O)CC1. The first-order valence-electron chi connectivity index (χ1n) is 14.1. The average molecular weight is 565 g/mol. The number of anilines is 1. The maximum Gasteiger partial charge on any atom is 0.325 e. The third-order valence-corrected chi connectivity index (χ3v) is 8.24. The molecular formula is C31H37FN4O5. The van der Waals surface area contributed by atoms with Crippen molar-refractivity contribution in [1.82, 2.24) is 4.57 Å². The summed E-state index contributed by atoms with van der Waals surface area (Å²) in [6, 6.07) is 8.78. The first-order chi connectivity index (χ1) is 19.3. The molecule has 2 heterocycles. The quantitative estimate of drug-likeness (QED) is 0.315. The van der Waals surface area contributed by atoms with Gasteiger partial charge < -0.3 is 26.6 Å². The number of amides is 1. The zero-order valence-corrected chi connectivity index (χ0v) is 23.6. The smallest absolute Gasteiger partial charge is 0.325 e. The maximum absolute atomic E-state index is 14.3. The van der Waals surface area contributed by atoms with Crippen molar-refractivity contribution in [2.24, 2.45) is 16.9 Å². The number of ether oxygens (including phenoxy) is 1. The number of carbonyl (C=O) groups excluding carboxylic acids is 3. The molecule has 1 amide bonds. The molecule has 0 saturated heterocycles. The van der Waals surface area contributed by atoms with Crippen LogP contribution in [-0.2, 0) is 16.0 Å². The van der Waals surface area contributed by atoms with E-state index >= 15 is 0 Å². The molecule has 1 aromatic heterocycles. The molecule has 9 nitrogen and oxygen atoms in total. The Labute approximate surface area is 238 Å². The normalized spacial score (nSPS) is 21.7. The molecule has 5 rings (SSSR count). The van der Waals surface area contributed by atoms with Crippen LogP contribution in [0.15, 0.2) is 36.4 Å². The molecule has 0 spiro atoms. The Morgan fingerprint density at radius 3 is 2.49 bits per heavy atom. The van der Waals surface area contributed by atoms with Crippen LogP contribution in [0, 0.1) is 11.2 Å². The van der Waals surface area contributed by atoms with Crippen LogP contribution in [0.5, 0.6) is 0 Å². The number of aromatic nitrogens is 1. The molecule has 2 aliphatic rings. The number of esters is 1. The summed E-state index contributed by atoms with van der Waals surface area (Å²) >= 11 is 0. The second-order valence-corrected chi connectivity index (χ2v) is 12.2. The van der Waals surface area contributed by atoms with Gasteiger partial charge in [-0.1, -0.05) is 19.9 Å². The number of nitrogens with one attached hydrogen (secondary N) is 1. The third-order valence-electron chi connectivity index (χ3n) is 8.24. The molecule has 0 radical (unpaired) electrons. The van der Waals surface area contributed by atoms with Gasteiger partial charge in [-0.2, -0.15) is 0 Å². The highest BCUT2D eigenvalue weighted by molar-refractivity contribution is 6.06. The van der Waals surface area contributed by atoms with E-state index in [0.717, 1.165) is 22.2 Å². The third kappa shape index (κ3) is 5.71. The van der Waals surface area contributed by atoms with Gasteiger partial charge in [0.1, 0.15) is 18.0 Å². The van der Waals surface area contributed by atoms with Gasteiger partial charge in [0.25, 0.3) is 5.91 Å². The summed E-state index contributed by atoms with van der Waals surface area (Å²) in [7, 11) is 0. The minimum Gasteiger partial charge on any atom is -0.461 e. The molecule has 41 heavy (non-hydrogen) atoms. The Morgan fingerprint density at radius 2 is 1.83 bits per heavy atom. The Morgan fingerprint density at radius 1 is 1.12 bits per heavy atom. The number of primary amides is 1. The van der Waals surface area contributed by atoms with Crippen molar-refractivity contribution in [1.29, 1.82) is 0 Å². The highest BCUT2D eigenvalue weighted by Crippen LogP contribution is 2.43. The number of halogens is 1. The molecule has 1 fully saturated rings. The lowest BCUT2D eigenvalue weighted by atomic mass is 9.80. The zero-order valence-electron chi connectivity index (χ0n) is 23.6. The topological polar surface area (TPSA) is 150 Å². The Balaban J connectivity index is 1.45. The summed E-state index contributed by atoms with van der Waals surface area (Å²) in [6.45, 7) is 5.54. The molecule has 0 unspecified atom stereocenters. The largest absolute Gasteiger partial charge is 0.461 e. The van der Waals surface area contributed by atoms with Crippen molar-refractivity contribution in [3.8, 4) is 11.1 Å². The van der Waals surface area contributed by atoms with Gasteiger partial charge in [0.15, 0.2) is 0 Å². The summed E-state index contributed by atoms with van der Waals surface area (Å²) < 4.78 is 21.4. The van der Waals surface area contributed by atoms with Crippen LogP contribution in [0.1, 0.15) is 73.7 Å². The molecule has 3 aromatic rings. The van der Waals surface area contributed by atoms with Crippen LogP contribution >= 0.6 is 0 Å². The van der Waals surface area contributed by atoms with Crippen LogP contribution in [-0.4, -0.2) is 51.7 Å². The van der Waals surface area contributed by atoms with E-state index in [2.05, 4.69) is 5.32 Å². The van der Waals surface area contributed by atoms with Gasteiger partial charge in [0.05, 0.1) is 17.2 Å². The molecule has 10 heteroatoms. The number of hydrogen-bond acceptors (Lipinski definition) is 7. The minimum atomic E-state index is -1.08. The predicted octanol–water partition coefficient (Wildman–Crippen LogP) is 4.13. The number of nitrogens with two attached hydrogens (primary N) is 2. The van der Waals surface area contributed by atoms with E-state index in [1.807, 2.05) is 26.0 Å². The predicted molar refractivity (Wildman–Crippen MR) is 154 cm³/mol. The van der Waals surface area contributed by atoms with E-state index in [1.54, 1.807) is 16.7 Å². The fourth-order valence-electron chi connectivity index (χ4n) is 6.11. The van der Waals surface area contributed by atoms with Crippen molar-refractivity contribution >= 4 is 34.4 Å². The van der Waals surface area contributed by atoms with Crippen LogP contribution in [0.25, 0.3) is 22.0 Å². The number of carbonyl (C=O) groups is 3. The molecule has 1 saturated carbocycles. The number of fused-ring (bicyclic) bond motifs is 3. The minimum absolute atomic E-state index is 0.00181. The van der Waals surface area contributed by atoms with Gasteiger partial charge in [-0.15, -0.1) is 0 Å². The lowest BCUT2D eigenvalue weighted by Crippen LogP contribution is -2.43. The van der Waals surface area contributed by atoms with Crippen LogP contribution < -0.4 is 16.8 Å². The van der Waals surface area contributed by atoms with Crippen molar-refractivity contribution in [2.75, 3.05) is 5.32 Å². The first-order valence-corrected chi connectivity index (χ1v) is 14.1. The summed E-state index contributed by atoms with van der Waals surface area (Å²) in [6.07, 6.45) is 2.25.